The highest BCUT2D eigenvalue weighted by Gasteiger charge is 2.13. The van der Waals surface area contributed by atoms with Gasteiger partial charge in [-0.1, -0.05) is 49.4 Å². The molecule has 7 heteroatoms. The highest BCUT2D eigenvalue weighted by Crippen LogP contribution is 2.32. The Morgan fingerprint density at radius 1 is 0.912 bits per heavy atom. The van der Waals surface area contributed by atoms with E-state index in [9.17, 15) is 18.0 Å². The summed E-state index contributed by atoms with van der Waals surface area (Å²) in [5.74, 6) is -0.358. The number of hydrogen-bond acceptors (Lipinski definition) is 4. The summed E-state index contributed by atoms with van der Waals surface area (Å²) in [5.41, 5.74) is 4.87. The fraction of sp³-hybridized carbons (Fsp3) is 0.185. The smallest absolute Gasteiger partial charge is 0.248 e. The number of nitrogens with one attached hydrogen (secondary N) is 2. The van der Waals surface area contributed by atoms with E-state index in [1.165, 1.54) is 18.2 Å². The molecule has 6 nitrogen and oxygen atoms in total. The molecule has 176 valence electrons. The fourth-order valence-electron chi connectivity index (χ4n) is 3.57. The van der Waals surface area contributed by atoms with Crippen LogP contribution in [0.4, 0.5) is 11.4 Å². The molecule has 2 N–H and O–H groups in total. The lowest BCUT2D eigenvalue weighted by molar-refractivity contribution is -0.115. The zero-order valence-electron chi connectivity index (χ0n) is 19.5. The van der Waals surface area contributed by atoms with Crippen molar-refractivity contribution >= 4 is 33.0 Å². The maximum Gasteiger partial charge on any atom is 0.248 e. The third-order valence-corrected chi connectivity index (χ3v) is 7.08. The van der Waals surface area contributed by atoms with Crippen LogP contribution in [-0.2, 0) is 25.8 Å². The number of rotatable bonds is 8. The lowest BCUT2D eigenvalue weighted by Gasteiger charge is -2.14. The van der Waals surface area contributed by atoms with Gasteiger partial charge in [0, 0.05) is 16.9 Å². The van der Waals surface area contributed by atoms with E-state index in [0.717, 1.165) is 22.3 Å². The van der Waals surface area contributed by atoms with Crippen LogP contribution in [0.25, 0.3) is 11.1 Å². The average Bonchev–Trinajstić information content (AvgIpc) is 2.80. The van der Waals surface area contributed by atoms with Gasteiger partial charge in [0.05, 0.1) is 17.1 Å². The normalized spacial score (nSPS) is 11.4. The molecule has 3 aromatic carbocycles. The second-order valence-electron chi connectivity index (χ2n) is 7.84. The number of para-hydroxylation sites is 1. The first kappa shape index (κ1) is 24.9. The molecule has 0 aliphatic rings. The molecule has 2 amide bonds. The predicted molar refractivity (Wildman–Crippen MR) is 137 cm³/mol. The fourth-order valence-corrected chi connectivity index (χ4v) is 4.45. The standard InChI is InChI=1S/C27H28N2O4S/c1-4-8-26(30)29-25-10-7-6-9-24(25)23-16-13-21(17-19(23)3)28-27(31)18-20-11-14-22(15-12-20)34(32,33)5-2/h4,6-17H,5,18H2,1-3H3,(H,28,31)(H,29,30)/b8-4+. The molecule has 0 spiro atoms. The van der Waals surface area contributed by atoms with E-state index < -0.39 is 9.84 Å². The van der Waals surface area contributed by atoms with Crippen LogP contribution in [0.2, 0.25) is 0 Å². The first-order chi connectivity index (χ1) is 16.2. The van der Waals surface area contributed by atoms with Gasteiger partial charge in [-0.05, 0) is 66.9 Å². The molecule has 0 radical (unpaired) electrons. The summed E-state index contributed by atoms with van der Waals surface area (Å²) in [6.07, 6.45) is 3.29. The largest absolute Gasteiger partial charge is 0.326 e. The lowest BCUT2D eigenvalue weighted by Crippen LogP contribution is -2.14. The zero-order chi connectivity index (χ0) is 24.7. The molecule has 0 aliphatic heterocycles. The first-order valence-corrected chi connectivity index (χ1v) is 12.6. The number of amides is 2. The summed E-state index contributed by atoms with van der Waals surface area (Å²) in [7, 11) is -3.26. The maximum atomic E-state index is 12.5. The molecule has 0 bridgehead atoms. The minimum absolute atomic E-state index is 0.0365. The summed E-state index contributed by atoms with van der Waals surface area (Å²) in [4.78, 5) is 24.8. The quantitative estimate of drug-likeness (QED) is 0.440. The number of carbonyl (C=O) groups excluding carboxylic acids is 2. The van der Waals surface area contributed by atoms with Crippen LogP contribution in [0.5, 0.6) is 0 Å². The second-order valence-corrected chi connectivity index (χ2v) is 10.1. The van der Waals surface area contributed by atoms with Crippen LogP contribution in [0.15, 0.2) is 83.8 Å². The Morgan fingerprint density at radius 3 is 2.26 bits per heavy atom. The molecule has 34 heavy (non-hydrogen) atoms. The Kier molecular flexibility index (Phi) is 8.02. The number of carbonyl (C=O) groups is 2. The minimum atomic E-state index is -3.26. The summed E-state index contributed by atoms with van der Waals surface area (Å²) < 4.78 is 23.9. The van der Waals surface area contributed by atoms with Gasteiger partial charge in [0.25, 0.3) is 0 Å². The molecule has 0 unspecified atom stereocenters. The SMILES string of the molecule is C/C=C/C(=O)Nc1ccccc1-c1ccc(NC(=O)Cc2ccc(S(=O)(=O)CC)cc2)cc1C. The Labute approximate surface area is 200 Å². The van der Waals surface area contributed by atoms with E-state index in [4.69, 9.17) is 0 Å². The second kappa shape index (κ2) is 10.9. The van der Waals surface area contributed by atoms with E-state index >= 15 is 0 Å². The lowest BCUT2D eigenvalue weighted by atomic mass is 9.98. The van der Waals surface area contributed by atoms with Crippen molar-refractivity contribution in [1.29, 1.82) is 0 Å². The van der Waals surface area contributed by atoms with Crippen molar-refractivity contribution in [2.75, 3.05) is 16.4 Å². The Balaban J connectivity index is 1.73. The highest BCUT2D eigenvalue weighted by atomic mass is 32.2. The predicted octanol–water partition coefficient (Wildman–Crippen LogP) is 5.15. The van der Waals surface area contributed by atoms with E-state index in [-0.39, 0.29) is 28.9 Å². The molecule has 0 heterocycles. The molecule has 3 rings (SSSR count). The molecule has 0 atom stereocenters. The number of aryl methyl sites for hydroxylation is 1. The Morgan fingerprint density at radius 2 is 1.62 bits per heavy atom. The van der Waals surface area contributed by atoms with Crippen LogP contribution in [-0.4, -0.2) is 26.0 Å². The summed E-state index contributed by atoms with van der Waals surface area (Å²) >= 11 is 0. The number of anilines is 2. The van der Waals surface area contributed by atoms with E-state index in [1.54, 1.807) is 32.1 Å². The molecule has 0 fully saturated rings. The van der Waals surface area contributed by atoms with Crippen molar-refractivity contribution in [2.24, 2.45) is 0 Å². The van der Waals surface area contributed by atoms with Gasteiger partial charge in [0.1, 0.15) is 0 Å². The molecule has 0 aliphatic carbocycles. The van der Waals surface area contributed by atoms with Crippen molar-refractivity contribution in [2.45, 2.75) is 32.1 Å². The van der Waals surface area contributed by atoms with E-state index in [1.807, 2.05) is 49.4 Å². The third kappa shape index (κ3) is 6.20. The van der Waals surface area contributed by atoms with Gasteiger partial charge in [-0.3, -0.25) is 9.59 Å². The van der Waals surface area contributed by atoms with Crippen LogP contribution in [0.3, 0.4) is 0 Å². The van der Waals surface area contributed by atoms with Gasteiger partial charge in [-0.15, -0.1) is 0 Å². The number of benzene rings is 3. The summed E-state index contributed by atoms with van der Waals surface area (Å²) in [5, 5.41) is 5.79. The van der Waals surface area contributed by atoms with Gasteiger partial charge in [0.15, 0.2) is 9.84 Å². The van der Waals surface area contributed by atoms with Crippen molar-refractivity contribution in [1.82, 2.24) is 0 Å². The Hall–Kier alpha value is -3.71. The van der Waals surface area contributed by atoms with Gasteiger partial charge in [0.2, 0.25) is 11.8 Å². The number of allylic oxidation sites excluding steroid dienone is 1. The minimum Gasteiger partial charge on any atom is -0.326 e. The third-order valence-electron chi connectivity index (χ3n) is 5.33. The Bertz CT molecular complexity index is 1330. The molecular weight excluding hydrogens is 448 g/mol. The summed E-state index contributed by atoms with van der Waals surface area (Å²) in [6.45, 7) is 5.33. The van der Waals surface area contributed by atoms with Crippen LogP contribution >= 0.6 is 0 Å². The molecular formula is C27H28N2O4S. The van der Waals surface area contributed by atoms with Crippen LogP contribution in [0.1, 0.15) is 25.0 Å². The first-order valence-electron chi connectivity index (χ1n) is 11.0. The van der Waals surface area contributed by atoms with Crippen molar-refractivity contribution in [3.63, 3.8) is 0 Å². The topological polar surface area (TPSA) is 92.3 Å². The van der Waals surface area contributed by atoms with Crippen molar-refractivity contribution in [3.05, 3.63) is 90.0 Å². The number of hydrogen-bond donors (Lipinski definition) is 2. The maximum absolute atomic E-state index is 12.5. The molecule has 3 aromatic rings. The van der Waals surface area contributed by atoms with E-state index in [0.29, 0.717) is 11.4 Å². The van der Waals surface area contributed by atoms with Gasteiger partial charge >= 0.3 is 0 Å². The molecule has 0 saturated heterocycles. The van der Waals surface area contributed by atoms with Crippen LogP contribution in [0, 0.1) is 6.92 Å². The highest BCUT2D eigenvalue weighted by molar-refractivity contribution is 7.91. The summed E-state index contributed by atoms with van der Waals surface area (Å²) in [6, 6.07) is 19.6. The zero-order valence-corrected chi connectivity index (χ0v) is 20.3. The van der Waals surface area contributed by atoms with Gasteiger partial charge < -0.3 is 10.6 Å². The van der Waals surface area contributed by atoms with Gasteiger partial charge in [-0.2, -0.15) is 0 Å². The number of sulfone groups is 1. The molecule has 0 saturated carbocycles. The van der Waals surface area contributed by atoms with Crippen molar-refractivity contribution < 1.29 is 18.0 Å². The monoisotopic (exact) mass is 476 g/mol. The van der Waals surface area contributed by atoms with Crippen molar-refractivity contribution in [3.8, 4) is 11.1 Å². The average molecular weight is 477 g/mol. The molecule has 0 aromatic heterocycles. The van der Waals surface area contributed by atoms with Crippen LogP contribution < -0.4 is 10.6 Å². The van der Waals surface area contributed by atoms with E-state index in [2.05, 4.69) is 10.6 Å². The van der Waals surface area contributed by atoms with Gasteiger partial charge in [-0.25, -0.2) is 8.42 Å².